The van der Waals surface area contributed by atoms with E-state index in [1.807, 2.05) is 13.8 Å². The summed E-state index contributed by atoms with van der Waals surface area (Å²) in [5.41, 5.74) is 0.439. The normalized spacial score (nSPS) is 20.1. The summed E-state index contributed by atoms with van der Waals surface area (Å²) in [4.78, 5) is 54.3. The molecule has 1 aliphatic carbocycles. The molecule has 2 heterocycles. The van der Waals surface area contributed by atoms with E-state index < -0.39 is 35.8 Å². The molecule has 2 aromatic rings. The molecule has 0 unspecified atom stereocenters. The Labute approximate surface area is 220 Å². The second-order valence-electron chi connectivity index (χ2n) is 10.6. The summed E-state index contributed by atoms with van der Waals surface area (Å²) in [7, 11) is 2.76. The lowest BCUT2D eigenvalue weighted by molar-refractivity contribution is -0.146. The van der Waals surface area contributed by atoms with Crippen LogP contribution in [0.2, 0.25) is 5.02 Å². The van der Waals surface area contributed by atoms with Crippen LogP contribution in [0.3, 0.4) is 0 Å². The van der Waals surface area contributed by atoms with Crippen LogP contribution in [0, 0.1) is 11.8 Å². The van der Waals surface area contributed by atoms with E-state index in [0.29, 0.717) is 40.4 Å². The largest absolute Gasteiger partial charge is 0.497 e. The van der Waals surface area contributed by atoms with Crippen molar-refractivity contribution in [2.45, 2.75) is 63.6 Å². The number of rotatable bonds is 10. The van der Waals surface area contributed by atoms with Gasteiger partial charge in [0.25, 0.3) is 5.91 Å². The van der Waals surface area contributed by atoms with Crippen molar-refractivity contribution in [1.29, 1.82) is 0 Å². The van der Waals surface area contributed by atoms with Crippen molar-refractivity contribution >= 4 is 46.2 Å². The predicted octanol–water partition coefficient (Wildman–Crippen LogP) is 2.69. The fourth-order valence-electron chi connectivity index (χ4n) is 4.87. The topological polar surface area (TPSA) is 139 Å². The number of carbonyl (C=O) groups excluding carboxylic acids is 4. The van der Waals surface area contributed by atoms with Crippen LogP contribution in [0.5, 0.6) is 5.75 Å². The number of hydrogen-bond donors (Lipinski definition) is 4. The van der Waals surface area contributed by atoms with Crippen LogP contribution >= 0.6 is 11.6 Å². The van der Waals surface area contributed by atoms with Gasteiger partial charge in [-0.25, -0.2) is 4.79 Å². The molecular weight excluding hydrogens is 500 g/mol. The first-order valence-electron chi connectivity index (χ1n) is 12.4. The zero-order valence-electron chi connectivity index (χ0n) is 21.4. The van der Waals surface area contributed by atoms with Crippen LogP contribution in [0.1, 0.15) is 56.4 Å². The summed E-state index contributed by atoms with van der Waals surface area (Å²) in [6, 6.07) is 3.16. The van der Waals surface area contributed by atoms with Gasteiger partial charge in [0.1, 0.15) is 23.5 Å². The summed E-state index contributed by atoms with van der Waals surface area (Å²) in [5, 5.41) is 9.53. The second kappa shape index (κ2) is 10.6. The molecule has 37 heavy (non-hydrogen) atoms. The summed E-state index contributed by atoms with van der Waals surface area (Å²) in [6.07, 6.45) is 3.03. The summed E-state index contributed by atoms with van der Waals surface area (Å²) >= 11 is 6.31. The van der Waals surface area contributed by atoms with Crippen LogP contribution in [0.4, 0.5) is 0 Å². The summed E-state index contributed by atoms with van der Waals surface area (Å²) < 4.78 is 10.1. The number of aromatic nitrogens is 1. The number of halogens is 1. The molecule has 2 fully saturated rings. The zero-order chi connectivity index (χ0) is 26.9. The molecular formula is C26H33ClN4O6. The molecule has 2 aliphatic rings. The zero-order valence-corrected chi connectivity index (χ0v) is 22.2. The second-order valence-corrected chi connectivity index (χ2v) is 11.0. The third kappa shape index (κ3) is 6.36. The smallest absolute Gasteiger partial charge is 0.328 e. The Morgan fingerprint density at radius 2 is 1.84 bits per heavy atom. The first-order chi connectivity index (χ1) is 17.5. The molecule has 3 atom stereocenters. The molecule has 0 spiro atoms. The Bertz CT molecular complexity index is 1220. The minimum absolute atomic E-state index is 0.111. The Balaban J connectivity index is 1.49. The van der Waals surface area contributed by atoms with Gasteiger partial charge in [0.15, 0.2) is 0 Å². The molecule has 3 amide bonds. The average molecular weight is 533 g/mol. The lowest BCUT2D eigenvalue weighted by Gasteiger charge is -2.23. The SMILES string of the molecule is COC(=O)[C@H](C[C@@H]1CC(C)(C)NC1=O)NC(=O)[C@H](CC1CC1)NC(=O)c1cc2cc(OC)cc(Cl)c2[nH]1. The minimum atomic E-state index is -1.01. The number of hydrogen-bond acceptors (Lipinski definition) is 6. The van der Waals surface area contributed by atoms with E-state index >= 15 is 0 Å². The Kier molecular flexibility index (Phi) is 7.68. The molecule has 4 N–H and O–H groups in total. The quantitative estimate of drug-likeness (QED) is 0.347. The molecule has 1 saturated heterocycles. The molecule has 4 rings (SSSR count). The van der Waals surface area contributed by atoms with E-state index in [9.17, 15) is 19.2 Å². The number of benzene rings is 1. The lowest BCUT2D eigenvalue weighted by Crippen LogP contribution is -2.52. The third-order valence-electron chi connectivity index (χ3n) is 6.93. The van der Waals surface area contributed by atoms with E-state index in [-0.39, 0.29) is 23.6 Å². The highest BCUT2D eigenvalue weighted by atomic mass is 35.5. The molecule has 1 aromatic heterocycles. The maximum absolute atomic E-state index is 13.3. The van der Waals surface area contributed by atoms with Gasteiger partial charge in [-0.1, -0.05) is 24.4 Å². The van der Waals surface area contributed by atoms with Gasteiger partial charge in [-0.05, 0) is 51.2 Å². The lowest BCUT2D eigenvalue weighted by atomic mass is 9.91. The Morgan fingerprint density at radius 1 is 1.11 bits per heavy atom. The van der Waals surface area contributed by atoms with Crippen LogP contribution in [-0.4, -0.2) is 60.5 Å². The average Bonchev–Trinajstić information content (AvgIpc) is 3.48. The van der Waals surface area contributed by atoms with Crippen molar-refractivity contribution in [2.75, 3.05) is 14.2 Å². The molecule has 0 radical (unpaired) electrons. The van der Waals surface area contributed by atoms with Gasteiger partial charge in [-0.15, -0.1) is 0 Å². The number of methoxy groups -OCH3 is 2. The van der Waals surface area contributed by atoms with E-state index in [2.05, 4.69) is 20.9 Å². The van der Waals surface area contributed by atoms with Gasteiger partial charge in [0.05, 0.1) is 24.8 Å². The van der Waals surface area contributed by atoms with Crippen LogP contribution in [0.25, 0.3) is 10.9 Å². The first kappa shape index (κ1) is 26.8. The van der Waals surface area contributed by atoms with Crippen molar-refractivity contribution in [1.82, 2.24) is 20.9 Å². The highest BCUT2D eigenvalue weighted by molar-refractivity contribution is 6.35. The molecule has 1 aromatic carbocycles. The van der Waals surface area contributed by atoms with Crippen LogP contribution in [0.15, 0.2) is 18.2 Å². The van der Waals surface area contributed by atoms with E-state index in [0.717, 1.165) is 12.8 Å². The Hall–Kier alpha value is -3.27. The molecule has 1 saturated carbocycles. The van der Waals surface area contributed by atoms with Gasteiger partial charge in [0, 0.05) is 22.9 Å². The standard InChI is InChI=1S/C26H33ClN4O6/c1-26(2)12-15(22(32)31-26)10-20(25(35)37-4)30-23(33)18(7-13-5-6-13)29-24(34)19-9-14-8-16(36-3)11-17(27)21(14)28-19/h8-9,11,13,15,18,20,28H,5-7,10,12H2,1-4H3,(H,29,34)(H,30,33)(H,31,32)/t15-,18+,20+/m1/s1. The number of carbonyl (C=O) groups is 4. The number of nitrogens with one attached hydrogen (secondary N) is 4. The number of ether oxygens (including phenoxy) is 2. The highest BCUT2D eigenvalue weighted by Crippen LogP contribution is 2.34. The monoisotopic (exact) mass is 532 g/mol. The molecule has 200 valence electrons. The van der Waals surface area contributed by atoms with E-state index in [1.54, 1.807) is 18.2 Å². The van der Waals surface area contributed by atoms with Crippen molar-refractivity contribution < 1.29 is 28.7 Å². The molecule has 1 aliphatic heterocycles. The van der Waals surface area contributed by atoms with Crippen molar-refractivity contribution in [3.05, 3.63) is 28.9 Å². The highest BCUT2D eigenvalue weighted by Gasteiger charge is 2.41. The number of amides is 3. The molecule has 10 nitrogen and oxygen atoms in total. The fraction of sp³-hybridized carbons (Fsp3) is 0.538. The predicted molar refractivity (Wildman–Crippen MR) is 137 cm³/mol. The maximum atomic E-state index is 13.3. The molecule has 0 bridgehead atoms. The van der Waals surface area contributed by atoms with Crippen molar-refractivity contribution in [3.63, 3.8) is 0 Å². The van der Waals surface area contributed by atoms with Crippen LogP contribution < -0.4 is 20.7 Å². The molecule has 11 heteroatoms. The van der Waals surface area contributed by atoms with Crippen molar-refractivity contribution in [3.8, 4) is 5.75 Å². The van der Waals surface area contributed by atoms with Crippen LogP contribution in [-0.2, 0) is 19.1 Å². The number of aromatic amines is 1. The van der Waals surface area contributed by atoms with E-state index in [1.165, 1.54) is 14.2 Å². The maximum Gasteiger partial charge on any atom is 0.328 e. The minimum Gasteiger partial charge on any atom is -0.497 e. The van der Waals surface area contributed by atoms with E-state index in [4.69, 9.17) is 21.1 Å². The Morgan fingerprint density at radius 3 is 2.43 bits per heavy atom. The van der Waals surface area contributed by atoms with Gasteiger partial charge < -0.3 is 30.4 Å². The summed E-state index contributed by atoms with van der Waals surface area (Å²) in [6.45, 7) is 3.82. The third-order valence-corrected chi connectivity index (χ3v) is 7.23. The number of H-pyrrole nitrogens is 1. The summed E-state index contributed by atoms with van der Waals surface area (Å²) in [5.74, 6) is -1.34. The first-order valence-corrected chi connectivity index (χ1v) is 12.7. The van der Waals surface area contributed by atoms with Gasteiger partial charge in [-0.3, -0.25) is 14.4 Å². The van der Waals surface area contributed by atoms with Gasteiger partial charge >= 0.3 is 5.97 Å². The van der Waals surface area contributed by atoms with Crippen molar-refractivity contribution in [2.24, 2.45) is 11.8 Å². The van der Waals surface area contributed by atoms with Gasteiger partial charge in [0.2, 0.25) is 11.8 Å². The fourth-order valence-corrected chi connectivity index (χ4v) is 5.13. The number of fused-ring (bicyclic) bond motifs is 1. The van der Waals surface area contributed by atoms with Gasteiger partial charge in [-0.2, -0.15) is 0 Å². The number of esters is 1.